The second-order valence-electron chi connectivity index (χ2n) is 5.18. The molecule has 0 spiro atoms. The van der Waals surface area contributed by atoms with Crippen LogP contribution in [0.2, 0.25) is 0 Å². The number of rotatable bonds is 3. The SMILES string of the molecule is CS(=O)(=O)c1ccccc1NC1COCc2ccccc21. The van der Waals surface area contributed by atoms with E-state index in [0.717, 1.165) is 11.1 Å². The Balaban J connectivity index is 1.96. The molecule has 1 N–H and O–H groups in total. The average molecular weight is 303 g/mol. The van der Waals surface area contributed by atoms with Crippen LogP contribution in [-0.2, 0) is 21.2 Å². The molecule has 0 aliphatic carbocycles. The predicted molar refractivity (Wildman–Crippen MR) is 82.0 cm³/mol. The van der Waals surface area contributed by atoms with Gasteiger partial charge in [0.15, 0.2) is 9.84 Å². The summed E-state index contributed by atoms with van der Waals surface area (Å²) < 4.78 is 29.3. The molecule has 0 amide bonds. The Morgan fingerprint density at radius 2 is 1.81 bits per heavy atom. The highest BCUT2D eigenvalue weighted by Gasteiger charge is 2.22. The van der Waals surface area contributed by atoms with Crippen molar-refractivity contribution in [2.75, 3.05) is 18.2 Å². The van der Waals surface area contributed by atoms with Gasteiger partial charge in [0, 0.05) is 6.26 Å². The first-order valence-corrected chi connectivity index (χ1v) is 8.66. The summed E-state index contributed by atoms with van der Waals surface area (Å²) in [5.74, 6) is 0. The second-order valence-corrected chi connectivity index (χ2v) is 7.16. The molecule has 1 atom stereocenters. The highest BCUT2D eigenvalue weighted by molar-refractivity contribution is 7.90. The van der Waals surface area contributed by atoms with E-state index < -0.39 is 9.84 Å². The van der Waals surface area contributed by atoms with Crippen molar-refractivity contribution in [3.05, 3.63) is 59.7 Å². The fourth-order valence-corrected chi connectivity index (χ4v) is 3.45. The highest BCUT2D eigenvalue weighted by atomic mass is 32.2. The van der Waals surface area contributed by atoms with Crippen LogP contribution in [0.1, 0.15) is 17.2 Å². The number of anilines is 1. The molecule has 1 unspecified atom stereocenters. The van der Waals surface area contributed by atoms with E-state index in [1.807, 2.05) is 24.3 Å². The lowest BCUT2D eigenvalue weighted by molar-refractivity contribution is 0.0969. The van der Waals surface area contributed by atoms with Crippen LogP contribution in [0, 0.1) is 0 Å². The summed E-state index contributed by atoms with van der Waals surface area (Å²) in [5, 5.41) is 3.31. The van der Waals surface area contributed by atoms with Gasteiger partial charge in [-0.05, 0) is 23.3 Å². The molecular weight excluding hydrogens is 286 g/mol. The van der Waals surface area contributed by atoms with Gasteiger partial charge in [-0.3, -0.25) is 0 Å². The van der Waals surface area contributed by atoms with Crippen LogP contribution in [0.3, 0.4) is 0 Å². The van der Waals surface area contributed by atoms with Crippen LogP contribution in [0.5, 0.6) is 0 Å². The van der Waals surface area contributed by atoms with E-state index >= 15 is 0 Å². The van der Waals surface area contributed by atoms with Gasteiger partial charge in [-0.1, -0.05) is 36.4 Å². The van der Waals surface area contributed by atoms with Gasteiger partial charge in [0.2, 0.25) is 0 Å². The number of hydrogen-bond donors (Lipinski definition) is 1. The summed E-state index contributed by atoms with van der Waals surface area (Å²) in [4.78, 5) is 0.313. The third-order valence-electron chi connectivity index (χ3n) is 3.59. The molecule has 2 aromatic carbocycles. The van der Waals surface area contributed by atoms with E-state index in [2.05, 4.69) is 11.4 Å². The van der Waals surface area contributed by atoms with Gasteiger partial charge in [-0.15, -0.1) is 0 Å². The number of para-hydroxylation sites is 1. The summed E-state index contributed by atoms with van der Waals surface area (Å²) in [6, 6.07) is 15.0. The van der Waals surface area contributed by atoms with Gasteiger partial charge < -0.3 is 10.1 Å². The Hall–Kier alpha value is -1.85. The van der Waals surface area contributed by atoms with Crippen LogP contribution in [0.25, 0.3) is 0 Å². The maximum atomic E-state index is 11.9. The van der Waals surface area contributed by atoms with Crippen LogP contribution in [0.4, 0.5) is 5.69 Å². The fraction of sp³-hybridized carbons (Fsp3) is 0.250. The Morgan fingerprint density at radius 3 is 2.62 bits per heavy atom. The van der Waals surface area contributed by atoms with Gasteiger partial charge in [0.1, 0.15) is 0 Å². The van der Waals surface area contributed by atoms with Crippen molar-refractivity contribution in [3.8, 4) is 0 Å². The predicted octanol–water partition coefficient (Wildman–Crippen LogP) is 2.77. The minimum atomic E-state index is -3.26. The Bertz CT molecular complexity index is 756. The number of hydrogen-bond acceptors (Lipinski definition) is 4. The molecule has 0 fully saturated rings. The van der Waals surface area contributed by atoms with E-state index in [-0.39, 0.29) is 6.04 Å². The number of fused-ring (bicyclic) bond motifs is 1. The van der Waals surface area contributed by atoms with Gasteiger partial charge in [-0.2, -0.15) is 0 Å². The fourth-order valence-electron chi connectivity index (χ4n) is 2.60. The van der Waals surface area contributed by atoms with Crippen molar-refractivity contribution in [2.24, 2.45) is 0 Å². The largest absolute Gasteiger partial charge is 0.375 e. The van der Waals surface area contributed by atoms with Gasteiger partial charge in [-0.25, -0.2) is 8.42 Å². The number of ether oxygens (including phenoxy) is 1. The lowest BCUT2D eigenvalue weighted by Gasteiger charge is -2.28. The van der Waals surface area contributed by atoms with E-state index in [1.54, 1.807) is 18.2 Å². The average Bonchev–Trinajstić information content (AvgIpc) is 2.47. The van der Waals surface area contributed by atoms with Crippen molar-refractivity contribution in [1.29, 1.82) is 0 Å². The third kappa shape index (κ3) is 2.94. The van der Waals surface area contributed by atoms with Crippen molar-refractivity contribution in [2.45, 2.75) is 17.5 Å². The first-order chi connectivity index (χ1) is 10.1. The normalized spacial score (nSPS) is 18.0. The zero-order valence-electron chi connectivity index (χ0n) is 11.7. The van der Waals surface area contributed by atoms with Crippen molar-refractivity contribution in [3.63, 3.8) is 0 Å². The summed E-state index contributed by atoms with van der Waals surface area (Å²) in [5.41, 5.74) is 2.91. The molecule has 0 saturated carbocycles. The van der Waals surface area contributed by atoms with E-state index in [1.165, 1.54) is 6.26 Å². The maximum absolute atomic E-state index is 11.9. The second kappa shape index (κ2) is 5.50. The minimum absolute atomic E-state index is 0.0437. The minimum Gasteiger partial charge on any atom is -0.375 e. The Labute approximate surface area is 124 Å². The molecule has 4 nitrogen and oxygen atoms in total. The molecule has 0 radical (unpaired) electrons. The van der Waals surface area contributed by atoms with Crippen LogP contribution in [-0.4, -0.2) is 21.3 Å². The smallest absolute Gasteiger partial charge is 0.177 e. The quantitative estimate of drug-likeness (QED) is 0.947. The first-order valence-electron chi connectivity index (χ1n) is 6.77. The molecule has 21 heavy (non-hydrogen) atoms. The van der Waals surface area contributed by atoms with Crippen molar-refractivity contribution < 1.29 is 13.2 Å². The number of nitrogens with one attached hydrogen (secondary N) is 1. The first kappa shape index (κ1) is 14.1. The van der Waals surface area contributed by atoms with Crippen molar-refractivity contribution >= 4 is 15.5 Å². The maximum Gasteiger partial charge on any atom is 0.177 e. The zero-order valence-corrected chi connectivity index (χ0v) is 12.6. The molecule has 3 rings (SSSR count). The molecule has 1 aliphatic rings. The summed E-state index contributed by atoms with van der Waals surface area (Å²) in [7, 11) is -3.26. The van der Waals surface area contributed by atoms with Gasteiger partial charge in [0.05, 0.1) is 29.8 Å². The van der Waals surface area contributed by atoms with Crippen LogP contribution in [0.15, 0.2) is 53.4 Å². The molecule has 0 bridgehead atoms. The van der Waals surface area contributed by atoms with Crippen molar-refractivity contribution in [1.82, 2.24) is 0 Å². The molecule has 0 aromatic heterocycles. The van der Waals surface area contributed by atoms with Gasteiger partial charge in [0.25, 0.3) is 0 Å². The molecule has 0 saturated heterocycles. The molecule has 2 aromatic rings. The van der Waals surface area contributed by atoms with E-state index in [9.17, 15) is 8.42 Å². The standard InChI is InChI=1S/C16H17NO3S/c1-21(18,19)16-9-5-4-8-14(16)17-15-11-20-10-12-6-2-3-7-13(12)15/h2-9,15,17H,10-11H2,1H3. The molecule has 1 aliphatic heterocycles. The zero-order chi connectivity index (χ0) is 14.9. The van der Waals surface area contributed by atoms with Gasteiger partial charge >= 0.3 is 0 Å². The lowest BCUT2D eigenvalue weighted by atomic mass is 9.99. The topological polar surface area (TPSA) is 55.4 Å². The Morgan fingerprint density at radius 1 is 1.10 bits per heavy atom. The summed E-state index contributed by atoms with van der Waals surface area (Å²) in [6.45, 7) is 1.12. The molecule has 5 heteroatoms. The summed E-state index contributed by atoms with van der Waals surface area (Å²) >= 11 is 0. The lowest BCUT2D eigenvalue weighted by Crippen LogP contribution is -2.23. The Kier molecular flexibility index (Phi) is 3.69. The highest BCUT2D eigenvalue weighted by Crippen LogP contribution is 2.30. The third-order valence-corrected chi connectivity index (χ3v) is 4.74. The summed E-state index contributed by atoms with van der Waals surface area (Å²) in [6.07, 6.45) is 1.22. The van der Waals surface area contributed by atoms with Crippen LogP contribution >= 0.6 is 0 Å². The monoisotopic (exact) mass is 303 g/mol. The van der Waals surface area contributed by atoms with E-state index in [4.69, 9.17) is 4.74 Å². The molecule has 110 valence electrons. The van der Waals surface area contributed by atoms with Crippen LogP contribution < -0.4 is 5.32 Å². The molecule has 1 heterocycles. The number of sulfone groups is 1. The number of benzene rings is 2. The van der Waals surface area contributed by atoms with E-state index in [0.29, 0.717) is 23.8 Å². The molecular formula is C16H17NO3S.